The molecular formula is C24H36ClN3O. The van der Waals surface area contributed by atoms with Crippen molar-refractivity contribution in [1.82, 2.24) is 4.90 Å². The van der Waals surface area contributed by atoms with Gasteiger partial charge in [0.05, 0.1) is 10.7 Å². The Morgan fingerprint density at radius 2 is 1.72 bits per heavy atom. The third-order valence-corrected chi connectivity index (χ3v) is 7.69. The van der Waals surface area contributed by atoms with E-state index in [1.54, 1.807) is 0 Å². The molecule has 1 atom stereocenters. The number of carbonyl (C=O) groups is 1. The largest absolute Gasteiger partial charge is 0.398 e. The molecule has 1 unspecified atom stereocenters. The summed E-state index contributed by atoms with van der Waals surface area (Å²) in [6.07, 6.45) is 13.6. The van der Waals surface area contributed by atoms with Crippen molar-refractivity contribution in [2.24, 2.45) is 11.8 Å². The van der Waals surface area contributed by atoms with E-state index in [4.69, 9.17) is 17.3 Å². The zero-order valence-corrected chi connectivity index (χ0v) is 18.4. The smallest absolute Gasteiger partial charge is 0.225 e. The molecular weight excluding hydrogens is 382 g/mol. The average molecular weight is 418 g/mol. The highest BCUT2D eigenvalue weighted by Crippen LogP contribution is 2.33. The number of nitrogens with two attached hydrogens (primary N) is 1. The van der Waals surface area contributed by atoms with E-state index in [0.717, 1.165) is 50.5 Å². The maximum absolute atomic E-state index is 13.1. The van der Waals surface area contributed by atoms with Gasteiger partial charge in [-0.25, -0.2) is 0 Å². The number of halogens is 1. The van der Waals surface area contributed by atoms with Crippen molar-refractivity contribution in [3.63, 3.8) is 0 Å². The fraction of sp³-hybridized carbons (Fsp3) is 0.708. The number of carbonyl (C=O) groups excluding carboxylic acids is 1. The van der Waals surface area contributed by atoms with Gasteiger partial charge in [0.1, 0.15) is 0 Å². The molecule has 3 aliphatic rings. The molecule has 1 saturated heterocycles. The Bertz CT molecular complexity index is 697. The van der Waals surface area contributed by atoms with Crippen molar-refractivity contribution in [2.45, 2.75) is 76.7 Å². The summed E-state index contributed by atoms with van der Waals surface area (Å²) in [4.78, 5) is 17.7. The molecule has 2 N–H and O–H groups in total. The van der Waals surface area contributed by atoms with Crippen LogP contribution in [0.3, 0.4) is 0 Å². The number of anilines is 2. The van der Waals surface area contributed by atoms with Gasteiger partial charge < -0.3 is 15.5 Å². The molecule has 0 spiro atoms. The molecule has 0 bridgehead atoms. The first-order valence-corrected chi connectivity index (χ1v) is 12.1. The second-order valence-corrected chi connectivity index (χ2v) is 9.83. The van der Waals surface area contributed by atoms with Crippen molar-refractivity contribution < 1.29 is 4.79 Å². The highest BCUT2D eigenvalue weighted by molar-refractivity contribution is 6.33. The van der Waals surface area contributed by atoms with E-state index in [1.165, 1.54) is 51.4 Å². The Labute approximate surface area is 180 Å². The standard InChI is InChI=1S/C24H36ClN3O/c25-22-15-20(11-12-23(22)26)28(16-18-7-3-1-4-8-18)21-13-14-27(17-21)24(29)19-9-5-2-6-10-19/h11-12,15,18-19,21H,1-10,13-14,16-17,26H2. The molecule has 3 fully saturated rings. The van der Waals surface area contributed by atoms with Crippen LogP contribution in [0.15, 0.2) is 18.2 Å². The molecule has 1 aromatic rings. The van der Waals surface area contributed by atoms with Gasteiger partial charge in [0.15, 0.2) is 0 Å². The lowest BCUT2D eigenvalue weighted by molar-refractivity contribution is -0.135. The van der Waals surface area contributed by atoms with Crippen LogP contribution >= 0.6 is 11.6 Å². The van der Waals surface area contributed by atoms with Gasteiger partial charge in [-0.3, -0.25) is 4.79 Å². The van der Waals surface area contributed by atoms with Crippen LogP contribution in [0.2, 0.25) is 5.02 Å². The van der Waals surface area contributed by atoms with Gasteiger partial charge in [-0.05, 0) is 56.2 Å². The molecule has 2 saturated carbocycles. The van der Waals surface area contributed by atoms with Gasteiger partial charge in [-0.2, -0.15) is 0 Å². The van der Waals surface area contributed by atoms with Crippen molar-refractivity contribution in [1.29, 1.82) is 0 Å². The molecule has 0 radical (unpaired) electrons. The maximum Gasteiger partial charge on any atom is 0.225 e. The topological polar surface area (TPSA) is 49.6 Å². The predicted octanol–water partition coefficient (Wildman–Crippen LogP) is 5.49. The summed E-state index contributed by atoms with van der Waals surface area (Å²) in [5.41, 5.74) is 7.76. The maximum atomic E-state index is 13.1. The number of hydrogen-bond acceptors (Lipinski definition) is 3. The van der Waals surface area contributed by atoms with Gasteiger partial charge >= 0.3 is 0 Å². The summed E-state index contributed by atoms with van der Waals surface area (Å²) < 4.78 is 0. The molecule has 4 rings (SSSR count). The molecule has 1 amide bonds. The Morgan fingerprint density at radius 3 is 2.41 bits per heavy atom. The van der Waals surface area contributed by atoms with Crippen LogP contribution in [0.1, 0.15) is 70.6 Å². The molecule has 1 aliphatic heterocycles. The summed E-state index contributed by atoms with van der Waals surface area (Å²) >= 11 is 6.37. The first kappa shape index (κ1) is 20.8. The van der Waals surface area contributed by atoms with E-state index < -0.39 is 0 Å². The van der Waals surface area contributed by atoms with Crippen LogP contribution in [-0.2, 0) is 4.79 Å². The number of nitrogens with zero attached hydrogens (tertiary/aromatic N) is 2. The molecule has 1 aromatic carbocycles. The Hall–Kier alpha value is -1.42. The van der Waals surface area contributed by atoms with E-state index in [1.807, 2.05) is 12.1 Å². The van der Waals surface area contributed by atoms with E-state index in [0.29, 0.717) is 22.7 Å². The monoisotopic (exact) mass is 417 g/mol. The zero-order valence-electron chi connectivity index (χ0n) is 17.6. The summed E-state index contributed by atoms with van der Waals surface area (Å²) in [5.74, 6) is 1.41. The minimum absolute atomic E-state index is 0.264. The minimum Gasteiger partial charge on any atom is -0.398 e. The molecule has 5 heteroatoms. The van der Waals surface area contributed by atoms with Crippen molar-refractivity contribution in [3.05, 3.63) is 23.2 Å². The predicted molar refractivity (Wildman–Crippen MR) is 121 cm³/mol. The number of likely N-dealkylation sites (tertiary alicyclic amines) is 1. The zero-order chi connectivity index (χ0) is 20.2. The van der Waals surface area contributed by atoms with Crippen molar-refractivity contribution >= 4 is 28.9 Å². The molecule has 160 valence electrons. The number of hydrogen-bond donors (Lipinski definition) is 1. The Balaban J connectivity index is 1.48. The van der Waals surface area contributed by atoms with Crippen LogP contribution in [0.5, 0.6) is 0 Å². The van der Waals surface area contributed by atoms with E-state index in [-0.39, 0.29) is 5.92 Å². The normalized spacial score (nSPS) is 24.0. The molecule has 4 nitrogen and oxygen atoms in total. The Morgan fingerprint density at radius 1 is 1.03 bits per heavy atom. The van der Waals surface area contributed by atoms with Gasteiger partial charge in [-0.1, -0.05) is 50.1 Å². The van der Waals surface area contributed by atoms with Crippen LogP contribution in [0.25, 0.3) is 0 Å². The fourth-order valence-corrected chi connectivity index (χ4v) is 5.79. The summed E-state index contributed by atoms with van der Waals surface area (Å²) in [5, 5.41) is 0.629. The van der Waals surface area contributed by atoms with Gasteiger partial charge in [0.2, 0.25) is 5.91 Å². The SMILES string of the molecule is Nc1ccc(N(CC2CCCCC2)C2CCN(C(=O)C3CCCCC3)C2)cc1Cl. The van der Waals surface area contributed by atoms with Crippen LogP contribution in [-0.4, -0.2) is 36.5 Å². The summed E-state index contributed by atoms with van der Waals surface area (Å²) in [7, 11) is 0. The third kappa shape index (κ3) is 5.02. The lowest BCUT2D eigenvalue weighted by Crippen LogP contribution is -2.43. The van der Waals surface area contributed by atoms with E-state index in [9.17, 15) is 4.79 Å². The highest BCUT2D eigenvalue weighted by Gasteiger charge is 2.35. The Kier molecular flexibility index (Phi) is 6.89. The number of amides is 1. The molecule has 1 heterocycles. The molecule has 0 aromatic heterocycles. The quantitative estimate of drug-likeness (QED) is 0.644. The second-order valence-electron chi connectivity index (χ2n) is 9.42. The van der Waals surface area contributed by atoms with Crippen LogP contribution in [0.4, 0.5) is 11.4 Å². The van der Waals surface area contributed by atoms with Gasteiger partial charge in [0.25, 0.3) is 0 Å². The van der Waals surface area contributed by atoms with Crippen molar-refractivity contribution in [2.75, 3.05) is 30.3 Å². The molecule has 29 heavy (non-hydrogen) atoms. The lowest BCUT2D eigenvalue weighted by Gasteiger charge is -2.36. The van der Waals surface area contributed by atoms with E-state index in [2.05, 4.69) is 15.9 Å². The minimum atomic E-state index is 0.264. The first-order valence-electron chi connectivity index (χ1n) is 11.7. The second kappa shape index (κ2) is 9.59. The number of nitrogen functional groups attached to an aromatic ring is 1. The summed E-state index contributed by atoms with van der Waals surface area (Å²) in [6.45, 7) is 2.81. The van der Waals surface area contributed by atoms with Crippen molar-refractivity contribution in [3.8, 4) is 0 Å². The number of benzene rings is 1. The van der Waals surface area contributed by atoms with Gasteiger partial charge in [0, 0.05) is 37.3 Å². The third-order valence-electron chi connectivity index (χ3n) is 7.37. The number of rotatable bonds is 5. The first-order chi connectivity index (χ1) is 14.1. The lowest BCUT2D eigenvalue weighted by atomic mass is 9.88. The average Bonchev–Trinajstić information content (AvgIpc) is 3.25. The summed E-state index contributed by atoms with van der Waals surface area (Å²) in [6, 6.07) is 6.43. The van der Waals surface area contributed by atoms with Crippen LogP contribution < -0.4 is 10.6 Å². The highest BCUT2D eigenvalue weighted by atomic mass is 35.5. The van der Waals surface area contributed by atoms with Gasteiger partial charge in [-0.15, -0.1) is 0 Å². The van der Waals surface area contributed by atoms with Crippen LogP contribution in [0, 0.1) is 11.8 Å². The molecule has 2 aliphatic carbocycles. The fourth-order valence-electron chi connectivity index (χ4n) is 5.61. The van der Waals surface area contributed by atoms with E-state index >= 15 is 0 Å².